The van der Waals surface area contributed by atoms with E-state index in [9.17, 15) is 9.59 Å². The van der Waals surface area contributed by atoms with Crippen molar-refractivity contribution in [3.8, 4) is 5.69 Å². The van der Waals surface area contributed by atoms with Crippen molar-refractivity contribution in [3.05, 3.63) is 87.8 Å². The first-order chi connectivity index (χ1) is 14.6. The fraction of sp³-hybridized carbons (Fsp3) is 0.261. The van der Waals surface area contributed by atoms with Gasteiger partial charge in [-0.25, -0.2) is 0 Å². The van der Waals surface area contributed by atoms with Gasteiger partial charge in [0.1, 0.15) is 5.02 Å². The lowest BCUT2D eigenvalue weighted by atomic mass is 10.1. The summed E-state index contributed by atoms with van der Waals surface area (Å²) in [4.78, 5) is 29.2. The maximum atomic E-state index is 12.7. The first kappa shape index (κ1) is 20.2. The number of carbonyl (C=O) groups is 1. The van der Waals surface area contributed by atoms with E-state index in [4.69, 9.17) is 11.6 Å². The molecular formula is C23H23ClN4O2. The van der Waals surface area contributed by atoms with Crippen LogP contribution in [0, 0.1) is 0 Å². The van der Waals surface area contributed by atoms with Crippen molar-refractivity contribution < 1.29 is 4.79 Å². The number of carbonyl (C=O) groups excluding carboxylic acids is 1. The third-order valence-corrected chi connectivity index (χ3v) is 5.70. The van der Waals surface area contributed by atoms with Gasteiger partial charge in [0.05, 0.1) is 17.6 Å². The molecular weight excluding hydrogens is 400 g/mol. The van der Waals surface area contributed by atoms with Crippen LogP contribution in [0.1, 0.15) is 12.0 Å². The Labute approximate surface area is 180 Å². The summed E-state index contributed by atoms with van der Waals surface area (Å²) >= 11 is 6.40. The van der Waals surface area contributed by atoms with E-state index in [0.717, 1.165) is 6.42 Å². The highest BCUT2D eigenvalue weighted by molar-refractivity contribution is 6.33. The molecule has 0 bridgehead atoms. The Hall–Kier alpha value is -3.12. The van der Waals surface area contributed by atoms with Crippen LogP contribution >= 0.6 is 11.6 Å². The van der Waals surface area contributed by atoms with E-state index in [1.165, 1.54) is 10.2 Å². The molecule has 7 heteroatoms. The molecule has 0 aliphatic carbocycles. The maximum Gasteiger partial charge on any atom is 0.292 e. The Balaban J connectivity index is 1.39. The number of aryl methyl sites for hydroxylation is 1. The lowest BCUT2D eigenvalue weighted by Gasteiger charge is -2.36. The predicted molar refractivity (Wildman–Crippen MR) is 118 cm³/mol. The Morgan fingerprint density at radius 2 is 1.57 bits per heavy atom. The van der Waals surface area contributed by atoms with Gasteiger partial charge >= 0.3 is 0 Å². The number of benzene rings is 2. The van der Waals surface area contributed by atoms with Crippen LogP contribution in [0.15, 0.2) is 71.7 Å². The number of para-hydroxylation sites is 1. The van der Waals surface area contributed by atoms with Crippen LogP contribution in [0.4, 0.5) is 5.69 Å². The number of anilines is 1. The minimum absolute atomic E-state index is 0.151. The Morgan fingerprint density at radius 3 is 2.23 bits per heavy atom. The topological polar surface area (TPSA) is 58.4 Å². The van der Waals surface area contributed by atoms with Crippen LogP contribution in [-0.2, 0) is 11.2 Å². The molecule has 6 nitrogen and oxygen atoms in total. The van der Waals surface area contributed by atoms with Crippen molar-refractivity contribution in [2.45, 2.75) is 12.8 Å². The molecule has 0 unspecified atom stereocenters. The average molecular weight is 423 g/mol. The van der Waals surface area contributed by atoms with Crippen LogP contribution in [-0.4, -0.2) is 46.8 Å². The van der Waals surface area contributed by atoms with Gasteiger partial charge in [0.25, 0.3) is 5.56 Å². The molecule has 154 valence electrons. The van der Waals surface area contributed by atoms with E-state index in [0.29, 0.717) is 44.0 Å². The fourth-order valence-electron chi connectivity index (χ4n) is 3.65. The molecule has 4 rings (SSSR count). The third-order valence-electron chi connectivity index (χ3n) is 5.34. The molecule has 30 heavy (non-hydrogen) atoms. The molecule has 3 aromatic rings. The van der Waals surface area contributed by atoms with E-state index in [1.54, 1.807) is 6.20 Å². The van der Waals surface area contributed by atoms with Crippen molar-refractivity contribution in [2.24, 2.45) is 0 Å². The zero-order valence-electron chi connectivity index (χ0n) is 16.6. The van der Waals surface area contributed by atoms with Gasteiger partial charge in [-0.1, -0.05) is 60.1 Å². The number of hydrogen-bond acceptors (Lipinski definition) is 4. The van der Waals surface area contributed by atoms with Crippen LogP contribution in [0.25, 0.3) is 5.69 Å². The summed E-state index contributed by atoms with van der Waals surface area (Å²) in [7, 11) is 0. The van der Waals surface area contributed by atoms with Gasteiger partial charge in [0.15, 0.2) is 0 Å². The highest BCUT2D eigenvalue weighted by Gasteiger charge is 2.24. The third kappa shape index (κ3) is 4.39. The number of hydrogen-bond donors (Lipinski definition) is 0. The predicted octanol–water partition coefficient (Wildman–Crippen LogP) is 3.17. The molecule has 0 spiro atoms. The van der Waals surface area contributed by atoms with Crippen molar-refractivity contribution in [2.75, 3.05) is 31.1 Å². The summed E-state index contributed by atoms with van der Waals surface area (Å²) in [5.41, 5.74) is 2.11. The van der Waals surface area contributed by atoms with Crippen molar-refractivity contribution in [3.63, 3.8) is 0 Å². The summed E-state index contributed by atoms with van der Waals surface area (Å²) in [6.07, 6.45) is 2.87. The first-order valence-corrected chi connectivity index (χ1v) is 10.4. The quantitative estimate of drug-likeness (QED) is 0.633. The number of rotatable bonds is 5. The van der Waals surface area contributed by atoms with E-state index >= 15 is 0 Å². The van der Waals surface area contributed by atoms with E-state index in [-0.39, 0.29) is 16.5 Å². The van der Waals surface area contributed by atoms with Gasteiger partial charge in [-0.3, -0.25) is 9.59 Å². The number of aromatic nitrogens is 2. The molecule has 2 heterocycles. The number of halogens is 1. The minimum Gasteiger partial charge on any atom is -0.365 e. The second-order valence-corrected chi connectivity index (χ2v) is 7.63. The maximum absolute atomic E-state index is 12.7. The van der Waals surface area contributed by atoms with Gasteiger partial charge in [0.2, 0.25) is 5.91 Å². The van der Waals surface area contributed by atoms with E-state index in [1.807, 2.05) is 70.5 Å². The lowest BCUT2D eigenvalue weighted by Crippen LogP contribution is -2.49. The van der Waals surface area contributed by atoms with Crippen LogP contribution in [0.5, 0.6) is 0 Å². The summed E-state index contributed by atoms with van der Waals surface area (Å²) in [5, 5.41) is 4.45. The van der Waals surface area contributed by atoms with Gasteiger partial charge < -0.3 is 9.80 Å². The van der Waals surface area contributed by atoms with Crippen LogP contribution in [0.2, 0.25) is 5.02 Å². The van der Waals surface area contributed by atoms with Gasteiger partial charge in [-0.05, 0) is 24.1 Å². The monoisotopic (exact) mass is 422 g/mol. The summed E-state index contributed by atoms with van der Waals surface area (Å²) < 4.78 is 1.30. The number of piperazine rings is 1. The zero-order chi connectivity index (χ0) is 20.9. The highest BCUT2D eigenvalue weighted by atomic mass is 35.5. The second-order valence-electron chi connectivity index (χ2n) is 7.25. The molecule has 2 aromatic carbocycles. The Bertz CT molecular complexity index is 1060. The molecule has 0 N–H and O–H groups in total. The highest BCUT2D eigenvalue weighted by Crippen LogP contribution is 2.23. The summed E-state index contributed by atoms with van der Waals surface area (Å²) in [6, 6.07) is 19.2. The summed E-state index contributed by atoms with van der Waals surface area (Å²) in [6.45, 7) is 2.44. The Morgan fingerprint density at radius 1 is 0.933 bits per heavy atom. The standard InChI is InChI=1S/C23H23ClN4O2/c24-22-20(17-25-28(23(22)30)19-9-5-2-6-10-19)26-13-15-27(16-14-26)21(29)12-11-18-7-3-1-4-8-18/h1-10,17H,11-16H2. The van der Waals surface area contributed by atoms with Crippen molar-refractivity contribution >= 4 is 23.2 Å². The minimum atomic E-state index is -0.346. The normalized spacial score (nSPS) is 14.0. The van der Waals surface area contributed by atoms with Gasteiger partial charge in [0, 0.05) is 32.6 Å². The van der Waals surface area contributed by atoms with E-state index in [2.05, 4.69) is 5.10 Å². The molecule has 0 radical (unpaired) electrons. The van der Waals surface area contributed by atoms with E-state index < -0.39 is 0 Å². The molecule has 1 saturated heterocycles. The number of nitrogens with zero attached hydrogens (tertiary/aromatic N) is 4. The molecule has 1 aliphatic heterocycles. The zero-order valence-corrected chi connectivity index (χ0v) is 17.3. The first-order valence-electron chi connectivity index (χ1n) is 10.0. The lowest BCUT2D eigenvalue weighted by molar-refractivity contribution is -0.131. The molecule has 0 saturated carbocycles. The van der Waals surface area contributed by atoms with Crippen LogP contribution in [0.3, 0.4) is 0 Å². The molecule has 1 aliphatic rings. The van der Waals surface area contributed by atoms with Crippen LogP contribution < -0.4 is 10.5 Å². The largest absolute Gasteiger partial charge is 0.365 e. The van der Waals surface area contributed by atoms with Crippen molar-refractivity contribution in [1.29, 1.82) is 0 Å². The molecule has 1 fully saturated rings. The second kappa shape index (κ2) is 9.13. The fourth-order valence-corrected chi connectivity index (χ4v) is 3.90. The summed E-state index contributed by atoms with van der Waals surface area (Å²) in [5.74, 6) is 0.155. The smallest absolute Gasteiger partial charge is 0.292 e. The SMILES string of the molecule is O=C(CCc1ccccc1)N1CCN(c2cnn(-c3ccccc3)c(=O)c2Cl)CC1. The number of amides is 1. The van der Waals surface area contributed by atoms with Crippen molar-refractivity contribution in [1.82, 2.24) is 14.7 Å². The molecule has 1 amide bonds. The Kier molecular flexibility index (Phi) is 6.14. The molecule has 1 aromatic heterocycles. The molecule has 0 atom stereocenters. The van der Waals surface area contributed by atoms with Gasteiger partial charge in [-0.15, -0.1) is 0 Å². The average Bonchev–Trinajstić information content (AvgIpc) is 2.80. The van der Waals surface area contributed by atoms with Gasteiger partial charge in [-0.2, -0.15) is 9.78 Å².